The number of nitrogens with one attached hydrogen (secondary N) is 5. The van der Waals surface area contributed by atoms with E-state index in [9.17, 15) is 62.6 Å². The molecule has 3 aliphatic heterocycles. The molecule has 1 aromatic heterocycles. The summed E-state index contributed by atoms with van der Waals surface area (Å²) in [5, 5.41) is 24.8. The number of nitrogens with zero attached hydrogens (tertiary/aromatic N) is 6. The fraction of sp³-hybridized carbons (Fsp3) is 0.682. The quantitative estimate of drug-likeness (QED) is 0.0325. The molecule has 5 rings (SSSR count). The molecule has 528 valence electrons. The van der Waals surface area contributed by atoms with Crippen LogP contribution in [0, 0.1) is 24.7 Å². The molecule has 0 aliphatic carbocycles. The number of hydrogen-bond acceptors (Lipinski definition) is 20. The van der Waals surface area contributed by atoms with Crippen molar-refractivity contribution in [1.82, 2.24) is 56.1 Å². The summed E-state index contributed by atoms with van der Waals surface area (Å²) in [4.78, 5) is 174. The molecular formula is C66H101N11O15S3. The first kappa shape index (κ1) is 79.2. The van der Waals surface area contributed by atoms with Gasteiger partial charge in [0.2, 0.25) is 59.1 Å². The number of thiazole rings is 1. The maximum atomic E-state index is 14.7. The van der Waals surface area contributed by atoms with E-state index in [2.05, 4.69) is 26.6 Å². The number of carbonyl (C=O) groups is 12. The Bertz CT molecular complexity index is 2940. The predicted octanol–water partition coefficient (Wildman–Crippen LogP) is 3.76. The number of likely N-dealkylation sites (N-methyl/N-ethyl adjacent to an activating group) is 2. The van der Waals surface area contributed by atoms with E-state index in [-0.39, 0.29) is 157 Å². The average Bonchev–Trinajstić information content (AvgIpc) is 1.77. The van der Waals surface area contributed by atoms with Crippen LogP contribution in [0.5, 0.6) is 0 Å². The second kappa shape index (κ2) is 38.4. The van der Waals surface area contributed by atoms with E-state index >= 15 is 0 Å². The van der Waals surface area contributed by atoms with Gasteiger partial charge in [0.1, 0.15) is 22.8 Å². The summed E-state index contributed by atoms with van der Waals surface area (Å²) < 4.78 is 11.3. The number of thioether (sulfide) groups is 2. The molecule has 26 nitrogen and oxygen atoms in total. The Morgan fingerprint density at radius 3 is 1.99 bits per heavy atom. The van der Waals surface area contributed by atoms with Crippen molar-refractivity contribution in [3.05, 3.63) is 51.5 Å². The SMILES string of the molecule is CCC(C)[C@H](NC(=O)C(C)(C)N(C)C)C(=O)N(CC)[C@H](C[C@@H](OC(C)=O)c1nc(C(=O)N[C@@H](Cc2ccc(C)cc2)CC(C)C(=O)NC(CCCCNC(=O)CCC(=O)N2CCN3C(=O)CC(SCSC4CC(=O)N(CC2)C4=O)C3=O)C(=O)NCCOCCO)cs1)C(C)C. The number of hydrogen-bond donors (Lipinski definition) is 6. The van der Waals surface area contributed by atoms with Gasteiger partial charge < -0.3 is 51.0 Å². The lowest BCUT2D eigenvalue weighted by Crippen LogP contribution is -2.60. The largest absolute Gasteiger partial charge is 0.455 e. The summed E-state index contributed by atoms with van der Waals surface area (Å²) in [6.07, 6.45) is 0.727. The number of unbranched alkanes of at least 4 members (excludes halogenated alkanes) is 1. The van der Waals surface area contributed by atoms with Gasteiger partial charge in [-0.3, -0.25) is 72.2 Å². The van der Waals surface area contributed by atoms with E-state index in [0.29, 0.717) is 42.3 Å². The number of esters is 1. The first-order chi connectivity index (χ1) is 45.0. The first-order valence-corrected chi connectivity index (χ1v) is 36.0. The van der Waals surface area contributed by atoms with Crippen LogP contribution in [-0.2, 0) is 68.6 Å². The minimum Gasteiger partial charge on any atom is -0.455 e. The van der Waals surface area contributed by atoms with Crippen molar-refractivity contribution in [2.45, 2.75) is 186 Å². The molecule has 0 saturated carbocycles. The van der Waals surface area contributed by atoms with Crippen LogP contribution in [-0.4, -0.2) is 231 Å². The lowest BCUT2D eigenvalue weighted by Gasteiger charge is -2.40. The van der Waals surface area contributed by atoms with E-state index < -0.39 is 87.7 Å². The Labute approximate surface area is 571 Å². The third-order valence-electron chi connectivity index (χ3n) is 17.8. The molecule has 9 atom stereocenters. The highest BCUT2D eigenvalue weighted by Gasteiger charge is 2.44. The van der Waals surface area contributed by atoms with Gasteiger partial charge in [-0.25, -0.2) is 4.98 Å². The number of amides is 11. The predicted molar refractivity (Wildman–Crippen MR) is 362 cm³/mol. The summed E-state index contributed by atoms with van der Waals surface area (Å²) >= 11 is 3.64. The van der Waals surface area contributed by atoms with Crippen LogP contribution in [0.3, 0.4) is 0 Å². The van der Waals surface area contributed by atoms with Gasteiger partial charge in [-0.05, 0) is 91.3 Å². The molecule has 95 heavy (non-hydrogen) atoms. The third kappa shape index (κ3) is 23.6. The number of aryl methyl sites for hydroxylation is 1. The molecular weight excluding hydrogens is 1280 g/mol. The van der Waals surface area contributed by atoms with Crippen molar-refractivity contribution in [2.75, 3.05) is 84.8 Å². The summed E-state index contributed by atoms with van der Waals surface area (Å²) in [6.45, 7) is 18.5. The van der Waals surface area contributed by atoms with Gasteiger partial charge in [0.15, 0.2) is 6.10 Å². The van der Waals surface area contributed by atoms with Crippen LogP contribution in [0.15, 0.2) is 29.6 Å². The normalized spacial score (nSPS) is 18.5. The van der Waals surface area contributed by atoms with Gasteiger partial charge in [-0.1, -0.05) is 70.9 Å². The molecule has 5 unspecified atom stereocenters. The molecule has 29 heteroatoms. The summed E-state index contributed by atoms with van der Waals surface area (Å²) in [7, 11) is 3.60. The number of ether oxygens (including phenoxy) is 2. The van der Waals surface area contributed by atoms with Gasteiger partial charge in [0.25, 0.3) is 5.91 Å². The van der Waals surface area contributed by atoms with Gasteiger partial charge in [-0.2, -0.15) is 0 Å². The molecule has 3 fully saturated rings. The minimum atomic E-state index is -1.03. The molecule has 2 aromatic rings. The van der Waals surface area contributed by atoms with Gasteiger partial charge >= 0.3 is 5.97 Å². The second-order valence-corrected chi connectivity index (χ2v) is 29.3. The van der Waals surface area contributed by atoms with Crippen molar-refractivity contribution in [2.24, 2.45) is 17.8 Å². The van der Waals surface area contributed by atoms with Crippen molar-refractivity contribution in [3.8, 4) is 0 Å². The molecule has 4 bridgehead atoms. The molecule has 4 heterocycles. The van der Waals surface area contributed by atoms with Crippen molar-refractivity contribution < 1.29 is 72.1 Å². The summed E-state index contributed by atoms with van der Waals surface area (Å²) in [5.41, 5.74) is 1.04. The number of carbonyl (C=O) groups excluding carboxylic acids is 12. The summed E-state index contributed by atoms with van der Waals surface area (Å²) in [5.74, 6) is -6.09. The Balaban J connectivity index is 1.23. The van der Waals surface area contributed by atoms with E-state index in [1.165, 1.54) is 35.3 Å². The second-order valence-electron chi connectivity index (χ2n) is 25.6. The number of aromatic nitrogens is 1. The monoisotopic (exact) mass is 1380 g/mol. The van der Waals surface area contributed by atoms with Crippen LogP contribution < -0.4 is 26.6 Å². The van der Waals surface area contributed by atoms with Gasteiger partial charge in [0, 0.05) is 113 Å². The van der Waals surface area contributed by atoms with Crippen molar-refractivity contribution in [1.29, 1.82) is 0 Å². The average molecular weight is 1380 g/mol. The first-order valence-electron chi connectivity index (χ1n) is 33.0. The van der Waals surface area contributed by atoms with Crippen LogP contribution in [0.4, 0.5) is 0 Å². The van der Waals surface area contributed by atoms with Gasteiger partial charge in [0.05, 0.1) is 35.9 Å². The Morgan fingerprint density at radius 2 is 1.42 bits per heavy atom. The Kier molecular flexibility index (Phi) is 32.0. The Morgan fingerprint density at radius 1 is 0.789 bits per heavy atom. The highest BCUT2D eigenvalue weighted by molar-refractivity contribution is 8.17. The molecule has 6 N–H and O–H groups in total. The zero-order valence-corrected chi connectivity index (χ0v) is 59.7. The smallest absolute Gasteiger partial charge is 0.303 e. The van der Waals surface area contributed by atoms with E-state index in [4.69, 9.17) is 14.5 Å². The van der Waals surface area contributed by atoms with Crippen LogP contribution >= 0.6 is 34.9 Å². The minimum absolute atomic E-state index is 0.00216. The maximum Gasteiger partial charge on any atom is 0.303 e. The molecule has 3 aliphatic rings. The zero-order chi connectivity index (χ0) is 70.3. The van der Waals surface area contributed by atoms with E-state index in [1.807, 2.05) is 65.8 Å². The molecule has 0 spiro atoms. The number of aliphatic hydroxyl groups is 1. The molecule has 11 amide bonds. The van der Waals surface area contributed by atoms with E-state index in [0.717, 1.165) is 32.3 Å². The lowest BCUT2D eigenvalue weighted by atomic mass is 9.91. The Hall–Kier alpha value is -6.53. The number of imide groups is 2. The van der Waals surface area contributed by atoms with Crippen LogP contribution in [0.25, 0.3) is 0 Å². The molecule has 0 radical (unpaired) electrons. The number of fused-ring (bicyclic) bond motifs is 4. The third-order valence-corrected chi connectivity index (χ3v) is 21.3. The topological polar surface area (TPSA) is 333 Å². The zero-order valence-electron chi connectivity index (χ0n) is 57.3. The maximum absolute atomic E-state index is 14.7. The fourth-order valence-corrected chi connectivity index (χ4v) is 14.7. The highest BCUT2D eigenvalue weighted by atomic mass is 32.2. The molecule has 3 saturated heterocycles. The molecule has 1 aromatic carbocycles. The standard InChI is InChI=1S/C66H101N11O15S3/c1-13-42(6)57(72-65(90)66(9,10)73(11)12)64(89)75(14-2)49(40(3)4)35-50(92-44(8)79)61-71-48(38-93-61)60(86)69-46(34-45-20-18-41(5)19-21-45)33-43(7)58(84)70-47(59(85)68-25-31-91-32-30-78)17-15-16-24-67-53(80)22-23-54(81)74-26-28-76-55(82)36-51(62(76)87)94-39-95-52-37-56(83)77(29-27-74)63(52)88/h18-21,38,40,42-43,46-47,49-52,57,78H,13-17,22-37,39H2,1-12H3,(H,67,80)(H,68,85)(H,69,86)(H,70,84)(H,72,90)/t42?,43?,46-,47?,49-,50-,51?,52?,57+/m1/s1. The number of benzene rings is 1. The fourth-order valence-electron chi connectivity index (χ4n) is 11.2. The van der Waals surface area contributed by atoms with Crippen molar-refractivity contribution >= 4 is 106 Å². The van der Waals surface area contributed by atoms with Crippen molar-refractivity contribution in [3.63, 3.8) is 0 Å². The van der Waals surface area contributed by atoms with E-state index in [1.54, 1.807) is 50.0 Å². The lowest BCUT2D eigenvalue weighted by molar-refractivity contribution is -0.150. The van der Waals surface area contributed by atoms with Gasteiger partial charge in [-0.15, -0.1) is 34.9 Å². The summed E-state index contributed by atoms with van der Waals surface area (Å²) in [6, 6.07) is 4.77. The highest BCUT2D eigenvalue weighted by Crippen LogP contribution is 2.35. The number of aliphatic hydroxyl groups excluding tert-OH is 1. The van der Waals surface area contributed by atoms with Crippen LogP contribution in [0.2, 0.25) is 0 Å². The van der Waals surface area contributed by atoms with Crippen LogP contribution in [0.1, 0.15) is 159 Å². The number of rotatable bonds is 35.